The van der Waals surface area contributed by atoms with Gasteiger partial charge in [0.1, 0.15) is 0 Å². The molecule has 0 saturated carbocycles. The third kappa shape index (κ3) is 3.07. The van der Waals surface area contributed by atoms with Crippen LogP contribution < -0.4 is 5.32 Å². The summed E-state index contributed by atoms with van der Waals surface area (Å²) in [4.78, 5) is 8.01. The number of hydrogen-bond acceptors (Lipinski definition) is 4. The number of nitrogens with zero attached hydrogens (tertiary/aromatic N) is 2. The fraction of sp³-hybridized carbons (Fsp3) is 0.600. The van der Waals surface area contributed by atoms with Crippen molar-refractivity contribution in [2.45, 2.75) is 30.5 Å². The fourth-order valence-electron chi connectivity index (χ4n) is 1.73. The average molecular weight is 225 g/mol. The van der Waals surface area contributed by atoms with E-state index in [-0.39, 0.29) is 0 Å². The summed E-state index contributed by atoms with van der Waals surface area (Å²) in [6, 6.07) is 2.10. The molecule has 0 aliphatic carbocycles. The van der Waals surface area contributed by atoms with Crippen LogP contribution in [-0.2, 0) is 10.8 Å². The molecule has 0 spiro atoms. The Hall–Kier alpha value is -0.810. The zero-order chi connectivity index (χ0) is 10.5. The van der Waals surface area contributed by atoms with Crippen molar-refractivity contribution in [1.82, 2.24) is 15.3 Å². The summed E-state index contributed by atoms with van der Waals surface area (Å²) < 4.78 is 11.9. The molecule has 5 heteroatoms. The van der Waals surface area contributed by atoms with E-state index in [0.717, 1.165) is 13.0 Å². The molecule has 2 heterocycles. The Morgan fingerprint density at radius 1 is 1.40 bits per heavy atom. The van der Waals surface area contributed by atoms with E-state index in [1.165, 1.54) is 12.8 Å². The van der Waals surface area contributed by atoms with Crippen molar-refractivity contribution in [2.24, 2.45) is 0 Å². The molecule has 2 atom stereocenters. The van der Waals surface area contributed by atoms with Gasteiger partial charge in [0.25, 0.3) is 0 Å². The zero-order valence-corrected chi connectivity index (χ0v) is 9.37. The van der Waals surface area contributed by atoms with Crippen molar-refractivity contribution in [1.29, 1.82) is 0 Å². The van der Waals surface area contributed by atoms with E-state index in [1.807, 2.05) is 0 Å². The van der Waals surface area contributed by atoms with Gasteiger partial charge < -0.3 is 5.32 Å². The highest BCUT2D eigenvalue weighted by Gasteiger charge is 2.17. The minimum absolute atomic E-state index is 0.364. The first-order chi connectivity index (χ1) is 7.36. The summed E-state index contributed by atoms with van der Waals surface area (Å²) in [7, 11) is -1.07. The molecule has 0 amide bonds. The molecular weight excluding hydrogens is 210 g/mol. The molecule has 1 aromatic rings. The van der Waals surface area contributed by atoms with Crippen molar-refractivity contribution in [3.63, 3.8) is 0 Å². The van der Waals surface area contributed by atoms with Crippen LogP contribution in [0.4, 0.5) is 0 Å². The average Bonchev–Trinajstić information content (AvgIpc) is 2.31. The molecule has 1 fully saturated rings. The van der Waals surface area contributed by atoms with Gasteiger partial charge in [0, 0.05) is 24.2 Å². The van der Waals surface area contributed by atoms with E-state index in [9.17, 15) is 4.21 Å². The Bertz CT molecular complexity index is 325. The number of hydrogen-bond donors (Lipinski definition) is 1. The van der Waals surface area contributed by atoms with Crippen molar-refractivity contribution < 1.29 is 4.21 Å². The standard InChI is InChI=1S/C10H15N3OS/c14-15(10-12-6-3-7-13-10)8-9-4-1-2-5-11-9/h3,6-7,9,11H,1-2,4-5,8H2. The SMILES string of the molecule is O=S(CC1CCCCN1)c1ncccn1. The van der Waals surface area contributed by atoms with E-state index in [1.54, 1.807) is 18.5 Å². The molecule has 0 radical (unpaired) electrons. The lowest BCUT2D eigenvalue weighted by Crippen LogP contribution is -2.38. The topological polar surface area (TPSA) is 54.9 Å². The molecule has 1 aliphatic heterocycles. The Labute approximate surface area is 92.0 Å². The van der Waals surface area contributed by atoms with Crippen molar-refractivity contribution >= 4 is 10.8 Å². The number of piperidine rings is 1. The smallest absolute Gasteiger partial charge is 0.218 e. The second kappa shape index (κ2) is 5.32. The van der Waals surface area contributed by atoms with Crippen molar-refractivity contribution in [2.75, 3.05) is 12.3 Å². The molecule has 1 aromatic heterocycles. The van der Waals surface area contributed by atoms with E-state index in [0.29, 0.717) is 17.0 Å². The molecule has 15 heavy (non-hydrogen) atoms. The molecule has 0 bridgehead atoms. The highest BCUT2D eigenvalue weighted by Crippen LogP contribution is 2.09. The Morgan fingerprint density at radius 2 is 2.20 bits per heavy atom. The van der Waals surface area contributed by atoms with Crippen LogP contribution in [-0.4, -0.2) is 32.5 Å². The normalized spacial score (nSPS) is 23.6. The summed E-state index contributed by atoms with van der Waals surface area (Å²) >= 11 is 0. The number of aromatic nitrogens is 2. The predicted molar refractivity (Wildman–Crippen MR) is 58.9 cm³/mol. The molecule has 2 unspecified atom stereocenters. The lowest BCUT2D eigenvalue weighted by molar-refractivity contribution is 0.427. The first kappa shape index (κ1) is 10.7. The van der Waals surface area contributed by atoms with E-state index in [4.69, 9.17) is 0 Å². The summed E-state index contributed by atoms with van der Waals surface area (Å²) in [5.74, 6) is 0.629. The molecular formula is C10H15N3OS. The lowest BCUT2D eigenvalue weighted by Gasteiger charge is -2.22. The Kier molecular flexibility index (Phi) is 3.80. The van der Waals surface area contributed by atoms with Gasteiger partial charge in [-0.3, -0.25) is 4.21 Å². The highest BCUT2D eigenvalue weighted by atomic mass is 32.2. The van der Waals surface area contributed by atoms with Crippen LogP contribution in [0, 0.1) is 0 Å². The summed E-state index contributed by atoms with van der Waals surface area (Å²) in [6.45, 7) is 1.04. The van der Waals surface area contributed by atoms with Gasteiger partial charge in [-0.25, -0.2) is 9.97 Å². The Balaban J connectivity index is 1.91. The van der Waals surface area contributed by atoms with Gasteiger partial charge in [-0.05, 0) is 25.5 Å². The maximum atomic E-state index is 11.9. The first-order valence-electron chi connectivity index (χ1n) is 5.25. The molecule has 4 nitrogen and oxygen atoms in total. The van der Waals surface area contributed by atoms with Crippen molar-refractivity contribution in [3.05, 3.63) is 18.5 Å². The summed E-state index contributed by atoms with van der Waals surface area (Å²) in [5.41, 5.74) is 0. The summed E-state index contributed by atoms with van der Waals surface area (Å²) in [6.07, 6.45) is 6.83. The molecule has 1 N–H and O–H groups in total. The van der Waals surface area contributed by atoms with E-state index < -0.39 is 10.8 Å². The molecule has 2 rings (SSSR count). The molecule has 1 saturated heterocycles. The minimum Gasteiger partial charge on any atom is -0.313 e. The fourth-order valence-corrected chi connectivity index (χ4v) is 2.88. The van der Waals surface area contributed by atoms with Gasteiger partial charge in [-0.2, -0.15) is 0 Å². The number of nitrogens with one attached hydrogen (secondary N) is 1. The minimum atomic E-state index is -1.07. The van der Waals surface area contributed by atoms with Crippen LogP contribution in [0.3, 0.4) is 0 Å². The predicted octanol–water partition coefficient (Wildman–Crippen LogP) is 0.726. The van der Waals surface area contributed by atoms with Gasteiger partial charge in [-0.15, -0.1) is 0 Å². The molecule has 1 aliphatic rings. The third-order valence-electron chi connectivity index (χ3n) is 2.51. The largest absolute Gasteiger partial charge is 0.313 e. The Morgan fingerprint density at radius 3 is 2.87 bits per heavy atom. The van der Waals surface area contributed by atoms with Crippen LogP contribution in [0.1, 0.15) is 19.3 Å². The van der Waals surface area contributed by atoms with Gasteiger partial charge in [0.15, 0.2) is 0 Å². The van der Waals surface area contributed by atoms with Crippen LogP contribution in [0.5, 0.6) is 0 Å². The van der Waals surface area contributed by atoms with Crippen LogP contribution in [0.15, 0.2) is 23.6 Å². The molecule has 82 valence electrons. The van der Waals surface area contributed by atoms with E-state index in [2.05, 4.69) is 15.3 Å². The van der Waals surface area contributed by atoms with Crippen molar-refractivity contribution in [3.8, 4) is 0 Å². The van der Waals surface area contributed by atoms with Crippen LogP contribution >= 0.6 is 0 Å². The maximum Gasteiger partial charge on any atom is 0.218 e. The highest BCUT2D eigenvalue weighted by molar-refractivity contribution is 7.84. The quantitative estimate of drug-likeness (QED) is 0.770. The molecule has 0 aromatic carbocycles. The van der Waals surface area contributed by atoms with Gasteiger partial charge in [-0.1, -0.05) is 6.42 Å². The summed E-state index contributed by atoms with van der Waals surface area (Å²) in [5, 5.41) is 3.82. The van der Waals surface area contributed by atoms with Gasteiger partial charge in [0.05, 0.1) is 10.8 Å². The van der Waals surface area contributed by atoms with E-state index >= 15 is 0 Å². The van der Waals surface area contributed by atoms with Crippen LogP contribution in [0.25, 0.3) is 0 Å². The number of rotatable bonds is 3. The second-order valence-electron chi connectivity index (χ2n) is 3.69. The first-order valence-corrected chi connectivity index (χ1v) is 6.57. The zero-order valence-electron chi connectivity index (χ0n) is 8.56. The second-order valence-corrected chi connectivity index (χ2v) is 5.08. The van der Waals surface area contributed by atoms with Gasteiger partial charge >= 0.3 is 0 Å². The van der Waals surface area contributed by atoms with Crippen LogP contribution in [0.2, 0.25) is 0 Å². The third-order valence-corrected chi connectivity index (χ3v) is 3.83. The monoisotopic (exact) mass is 225 g/mol. The lowest BCUT2D eigenvalue weighted by atomic mass is 10.1. The maximum absolute atomic E-state index is 11.9. The van der Waals surface area contributed by atoms with Gasteiger partial charge in [0.2, 0.25) is 5.16 Å².